The van der Waals surface area contributed by atoms with Crippen LogP contribution in [0.4, 0.5) is 8.78 Å². The molecule has 1 aromatic heterocycles. The second kappa shape index (κ2) is 7.19. The van der Waals surface area contributed by atoms with Crippen molar-refractivity contribution < 1.29 is 23.2 Å². The van der Waals surface area contributed by atoms with E-state index in [0.717, 1.165) is 51.5 Å². The molecule has 9 heteroatoms. The molecule has 6 rings (SSSR count). The first kappa shape index (κ1) is 21.0. The fourth-order valence-electron chi connectivity index (χ4n) is 6.57. The lowest BCUT2D eigenvalue weighted by Gasteiger charge is -2.51. The molecule has 5 aliphatic rings. The molecule has 1 aromatic rings. The van der Waals surface area contributed by atoms with E-state index in [1.165, 1.54) is 0 Å². The average molecular weight is 451 g/mol. The van der Waals surface area contributed by atoms with Crippen molar-refractivity contribution in [3.63, 3.8) is 0 Å². The van der Waals surface area contributed by atoms with Crippen molar-refractivity contribution in [1.82, 2.24) is 20.4 Å². The summed E-state index contributed by atoms with van der Waals surface area (Å²) >= 11 is 0. The standard InChI is InChI=1S/C23H32F2N4O3/c24-23(25)11-14(12-23)18-27-20(28-32-18)22(15-2-3-15)6-8-29(9-7-22)19(31)16-10-17(30)21(13-26-16)4-1-5-21/h14-17,26,30H,1-13H2/t16-,17+/m0/s1. The normalized spacial score (nSPS) is 33.5. The van der Waals surface area contributed by atoms with Crippen LogP contribution in [0.1, 0.15) is 81.8 Å². The van der Waals surface area contributed by atoms with Crippen molar-refractivity contribution in [3.05, 3.63) is 11.7 Å². The number of halogens is 2. The lowest BCUT2D eigenvalue weighted by Crippen LogP contribution is -2.62. The largest absolute Gasteiger partial charge is 0.392 e. The highest BCUT2D eigenvalue weighted by Gasteiger charge is 2.54. The van der Waals surface area contributed by atoms with Gasteiger partial charge in [0.1, 0.15) is 0 Å². The Morgan fingerprint density at radius 3 is 2.44 bits per heavy atom. The maximum atomic E-state index is 13.3. The summed E-state index contributed by atoms with van der Waals surface area (Å²) in [7, 11) is 0. The SMILES string of the molecule is O=C([C@@H]1C[C@@H](O)C2(CCC2)CN1)N1CCC(c2noc(C3CC(F)(F)C3)n2)(C2CC2)CC1. The first-order chi connectivity index (χ1) is 15.3. The van der Waals surface area contributed by atoms with Crippen molar-refractivity contribution in [2.75, 3.05) is 19.6 Å². The van der Waals surface area contributed by atoms with Gasteiger partial charge >= 0.3 is 0 Å². The molecule has 1 amide bonds. The van der Waals surface area contributed by atoms with E-state index in [0.29, 0.717) is 37.1 Å². The van der Waals surface area contributed by atoms with E-state index in [1.807, 2.05) is 4.90 Å². The van der Waals surface area contributed by atoms with Gasteiger partial charge in [0.25, 0.3) is 0 Å². The third kappa shape index (κ3) is 3.30. The third-order valence-electron chi connectivity index (χ3n) is 9.17. The molecule has 0 unspecified atom stereocenters. The maximum Gasteiger partial charge on any atom is 0.249 e. The second-order valence-corrected chi connectivity index (χ2v) is 11.1. The van der Waals surface area contributed by atoms with Crippen molar-refractivity contribution in [2.45, 2.75) is 93.6 Å². The summed E-state index contributed by atoms with van der Waals surface area (Å²) in [6.45, 7) is 1.97. The Bertz CT molecular complexity index is 882. The van der Waals surface area contributed by atoms with Gasteiger partial charge in [0.05, 0.1) is 12.1 Å². The summed E-state index contributed by atoms with van der Waals surface area (Å²) in [4.78, 5) is 19.7. The van der Waals surface area contributed by atoms with Crippen molar-refractivity contribution in [2.24, 2.45) is 11.3 Å². The van der Waals surface area contributed by atoms with Gasteiger partial charge in [0.2, 0.25) is 17.7 Å². The van der Waals surface area contributed by atoms with Crippen LogP contribution in [0.5, 0.6) is 0 Å². The molecule has 2 saturated heterocycles. The molecular formula is C23H32F2N4O3. The first-order valence-corrected chi connectivity index (χ1v) is 12.2. The maximum absolute atomic E-state index is 13.3. The zero-order valence-electron chi connectivity index (χ0n) is 18.4. The predicted molar refractivity (Wildman–Crippen MR) is 110 cm³/mol. The molecule has 3 saturated carbocycles. The number of amides is 1. The van der Waals surface area contributed by atoms with Crippen LogP contribution in [0, 0.1) is 11.3 Å². The quantitative estimate of drug-likeness (QED) is 0.733. The van der Waals surface area contributed by atoms with E-state index < -0.39 is 12.0 Å². The predicted octanol–water partition coefficient (Wildman–Crippen LogP) is 2.75. The molecule has 176 valence electrons. The number of carbonyl (C=O) groups is 1. The Hall–Kier alpha value is -1.61. The molecule has 2 aliphatic heterocycles. The Kier molecular flexibility index (Phi) is 4.71. The van der Waals surface area contributed by atoms with Gasteiger partial charge in [-0.2, -0.15) is 4.98 Å². The number of likely N-dealkylation sites (tertiary alicyclic amines) is 1. The van der Waals surface area contributed by atoms with Crippen molar-refractivity contribution in [1.29, 1.82) is 0 Å². The number of rotatable bonds is 4. The molecule has 5 fully saturated rings. The number of hydrogen-bond donors (Lipinski definition) is 2. The zero-order chi connectivity index (χ0) is 22.1. The molecule has 0 radical (unpaired) electrons. The molecule has 2 N–H and O–H groups in total. The van der Waals surface area contributed by atoms with Gasteiger partial charge in [-0.1, -0.05) is 11.6 Å². The number of aliphatic hydroxyl groups excluding tert-OH is 1. The summed E-state index contributed by atoms with van der Waals surface area (Å²) in [6, 6.07) is -0.318. The van der Waals surface area contributed by atoms with Crippen LogP contribution in [0.15, 0.2) is 4.52 Å². The van der Waals surface area contributed by atoms with E-state index in [9.17, 15) is 18.7 Å². The summed E-state index contributed by atoms with van der Waals surface area (Å²) in [5, 5.41) is 18.3. The molecule has 3 aliphatic carbocycles. The number of piperidine rings is 2. The topological polar surface area (TPSA) is 91.5 Å². The first-order valence-electron chi connectivity index (χ1n) is 12.2. The van der Waals surface area contributed by atoms with Crippen molar-refractivity contribution in [3.8, 4) is 0 Å². The number of hydrogen-bond acceptors (Lipinski definition) is 6. The second-order valence-electron chi connectivity index (χ2n) is 11.1. The number of aliphatic hydroxyl groups is 1. The zero-order valence-corrected chi connectivity index (χ0v) is 18.4. The summed E-state index contributed by atoms with van der Waals surface area (Å²) in [6.07, 6.45) is 6.65. The van der Waals surface area contributed by atoms with Crippen LogP contribution in [0.25, 0.3) is 0 Å². The summed E-state index contributed by atoms with van der Waals surface area (Å²) < 4.78 is 31.9. The number of aromatic nitrogens is 2. The van der Waals surface area contributed by atoms with E-state index in [4.69, 9.17) is 4.52 Å². The van der Waals surface area contributed by atoms with E-state index >= 15 is 0 Å². The van der Waals surface area contributed by atoms with Gasteiger partial charge in [0, 0.05) is 49.2 Å². The number of carbonyl (C=O) groups excluding carboxylic acids is 1. The van der Waals surface area contributed by atoms with Crippen LogP contribution in [0.2, 0.25) is 0 Å². The van der Waals surface area contributed by atoms with Gasteiger partial charge in [-0.05, 0) is 50.9 Å². The van der Waals surface area contributed by atoms with Crippen LogP contribution in [0.3, 0.4) is 0 Å². The van der Waals surface area contributed by atoms with Crippen LogP contribution in [-0.2, 0) is 10.2 Å². The summed E-state index contributed by atoms with van der Waals surface area (Å²) in [5.74, 6) is -1.41. The minimum absolute atomic E-state index is 0.0134. The van der Waals surface area contributed by atoms with Gasteiger partial charge in [-0.25, -0.2) is 8.78 Å². The molecular weight excluding hydrogens is 418 g/mol. The minimum atomic E-state index is -2.61. The Labute approximate surface area is 186 Å². The monoisotopic (exact) mass is 450 g/mol. The van der Waals surface area contributed by atoms with Crippen LogP contribution >= 0.6 is 0 Å². The fraction of sp³-hybridized carbons (Fsp3) is 0.870. The third-order valence-corrected chi connectivity index (χ3v) is 9.17. The lowest BCUT2D eigenvalue weighted by atomic mass is 9.62. The van der Waals surface area contributed by atoms with E-state index in [1.54, 1.807) is 0 Å². The molecule has 0 aromatic carbocycles. The van der Waals surface area contributed by atoms with Crippen LogP contribution in [-0.4, -0.2) is 63.8 Å². The van der Waals surface area contributed by atoms with E-state index in [-0.39, 0.29) is 41.5 Å². The number of nitrogens with zero attached hydrogens (tertiary/aromatic N) is 3. The van der Waals surface area contributed by atoms with E-state index in [2.05, 4.69) is 15.5 Å². The highest BCUT2D eigenvalue weighted by atomic mass is 19.3. The molecule has 1 spiro atoms. The number of alkyl halides is 2. The Morgan fingerprint density at radius 1 is 1.16 bits per heavy atom. The van der Waals surface area contributed by atoms with Crippen LogP contribution < -0.4 is 5.32 Å². The molecule has 7 nitrogen and oxygen atoms in total. The summed E-state index contributed by atoms with van der Waals surface area (Å²) in [5.41, 5.74) is -0.235. The molecule has 0 bridgehead atoms. The Balaban J connectivity index is 1.11. The Morgan fingerprint density at radius 2 is 1.88 bits per heavy atom. The number of nitrogens with one attached hydrogen (secondary N) is 1. The molecule has 3 heterocycles. The minimum Gasteiger partial charge on any atom is -0.392 e. The lowest BCUT2D eigenvalue weighted by molar-refractivity contribution is -0.141. The van der Waals surface area contributed by atoms with Gasteiger partial charge < -0.3 is 19.8 Å². The highest BCUT2D eigenvalue weighted by molar-refractivity contribution is 5.82. The van der Waals surface area contributed by atoms with Gasteiger partial charge in [-0.3, -0.25) is 4.79 Å². The van der Waals surface area contributed by atoms with Crippen molar-refractivity contribution >= 4 is 5.91 Å². The molecule has 2 atom stereocenters. The van der Waals surface area contributed by atoms with Gasteiger partial charge in [-0.15, -0.1) is 0 Å². The van der Waals surface area contributed by atoms with Gasteiger partial charge in [0.15, 0.2) is 5.82 Å². The molecule has 32 heavy (non-hydrogen) atoms. The fourth-order valence-corrected chi connectivity index (χ4v) is 6.57. The highest BCUT2D eigenvalue weighted by Crippen LogP contribution is 2.54. The average Bonchev–Trinajstić information content (AvgIpc) is 3.47. The smallest absolute Gasteiger partial charge is 0.249 e.